The van der Waals surface area contributed by atoms with Crippen molar-refractivity contribution in [3.63, 3.8) is 0 Å². The van der Waals surface area contributed by atoms with E-state index in [0.29, 0.717) is 12.4 Å². The van der Waals surface area contributed by atoms with Crippen molar-refractivity contribution in [1.29, 1.82) is 0 Å². The average molecular weight is 274 g/mol. The Hall–Kier alpha value is -0.740. The lowest BCUT2D eigenvalue weighted by Gasteiger charge is -2.29. The van der Waals surface area contributed by atoms with Crippen LogP contribution in [0.1, 0.15) is 54.4 Å². The third-order valence-electron chi connectivity index (χ3n) is 2.83. The van der Waals surface area contributed by atoms with Crippen LogP contribution in [0, 0.1) is 0 Å². The molecule has 3 N–H and O–H groups in total. The highest BCUT2D eigenvalue weighted by Gasteiger charge is 2.21. The molecule has 0 saturated carbocycles. The van der Waals surface area contributed by atoms with Gasteiger partial charge in [-0.3, -0.25) is 0 Å². The van der Waals surface area contributed by atoms with Crippen molar-refractivity contribution >= 4 is 0 Å². The largest absolute Gasteiger partial charge is 0.386 e. The third-order valence-corrected chi connectivity index (χ3v) is 2.83. The highest BCUT2D eigenvalue weighted by atomic mass is 16.5. The van der Waals surface area contributed by atoms with Gasteiger partial charge in [0.15, 0.2) is 0 Å². The number of ether oxygens (including phenoxy) is 2. The van der Waals surface area contributed by atoms with Crippen LogP contribution in [0.2, 0.25) is 0 Å². The van der Waals surface area contributed by atoms with Crippen LogP contribution in [0.25, 0.3) is 0 Å². The summed E-state index contributed by atoms with van der Waals surface area (Å²) in [4.78, 5) is 0. The van der Waals surface area contributed by atoms with E-state index >= 15 is 0 Å². The number of nitrogens with one attached hydrogen (secondary N) is 1. The van der Waals surface area contributed by atoms with Gasteiger partial charge in [-0.05, 0) is 40.5 Å². The molecular formula is C15H34N2O2. The zero-order valence-electron chi connectivity index (χ0n) is 13.9. The first kappa shape index (κ1) is 20.6. The Labute approximate surface area is 119 Å². The van der Waals surface area contributed by atoms with E-state index in [0.717, 1.165) is 19.4 Å². The number of nitrogens with two attached hydrogens (primary N) is 1. The summed E-state index contributed by atoms with van der Waals surface area (Å²) in [5.74, 6) is 0.501. The van der Waals surface area contributed by atoms with E-state index in [9.17, 15) is 0 Å². The molecule has 0 radical (unpaired) electrons. The Balaban J connectivity index is 0. The van der Waals surface area contributed by atoms with Crippen molar-refractivity contribution in [2.24, 2.45) is 5.73 Å². The van der Waals surface area contributed by atoms with Gasteiger partial charge in [0.1, 0.15) is 0 Å². The normalized spacial score (nSPS) is 11.5. The molecular weight excluding hydrogens is 240 g/mol. The van der Waals surface area contributed by atoms with E-state index in [1.807, 2.05) is 13.8 Å². The van der Waals surface area contributed by atoms with E-state index in [1.165, 1.54) is 0 Å². The van der Waals surface area contributed by atoms with Crippen molar-refractivity contribution in [2.75, 3.05) is 20.3 Å². The molecule has 4 nitrogen and oxygen atoms in total. The van der Waals surface area contributed by atoms with Crippen molar-refractivity contribution < 1.29 is 9.47 Å². The fourth-order valence-corrected chi connectivity index (χ4v) is 1.27. The van der Waals surface area contributed by atoms with Crippen LogP contribution in [0.4, 0.5) is 0 Å². The molecule has 0 spiro atoms. The molecule has 0 bridgehead atoms. The smallest absolute Gasteiger partial charge is 0.0885 e. The minimum absolute atomic E-state index is 0.125. The van der Waals surface area contributed by atoms with E-state index in [1.54, 1.807) is 7.11 Å². The summed E-state index contributed by atoms with van der Waals surface area (Å²) in [6.07, 6.45) is 1.76. The summed E-state index contributed by atoms with van der Waals surface area (Å²) in [6, 6.07) is 0. The molecule has 0 aromatic rings. The van der Waals surface area contributed by atoms with Crippen LogP contribution < -0.4 is 11.1 Å². The Morgan fingerprint density at radius 3 is 2.05 bits per heavy atom. The van der Waals surface area contributed by atoms with Crippen molar-refractivity contribution in [3.05, 3.63) is 12.4 Å². The molecule has 0 amide bonds. The molecule has 19 heavy (non-hydrogen) atoms. The topological polar surface area (TPSA) is 56.5 Å². The quantitative estimate of drug-likeness (QED) is 0.678. The fraction of sp³-hybridized carbons (Fsp3) is 0.867. The number of hydrogen-bond acceptors (Lipinski definition) is 4. The summed E-state index contributed by atoms with van der Waals surface area (Å²) in [6.45, 7) is 17.3. The van der Waals surface area contributed by atoms with Gasteiger partial charge >= 0.3 is 0 Å². The van der Waals surface area contributed by atoms with Crippen LogP contribution in [-0.4, -0.2) is 31.5 Å². The van der Waals surface area contributed by atoms with Crippen LogP contribution >= 0.6 is 0 Å². The molecule has 4 heteroatoms. The predicted octanol–water partition coefficient (Wildman–Crippen LogP) is 3.03. The molecule has 0 rings (SSSR count). The zero-order valence-corrected chi connectivity index (χ0v) is 13.9. The van der Waals surface area contributed by atoms with Crippen molar-refractivity contribution in [1.82, 2.24) is 5.32 Å². The maximum atomic E-state index is 5.86. The number of hydrogen-bond donors (Lipinski definition) is 2. The zero-order chi connectivity index (χ0) is 15.5. The Morgan fingerprint density at radius 1 is 1.11 bits per heavy atom. The van der Waals surface area contributed by atoms with Gasteiger partial charge in [0.25, 0.3) is 0 Å². The van der Waals surface area contributed by atoms with Gasteiger partial charge in [0.05, 0.1) is 23.6 Å². The summed E-state index contributed by atoms with van der Waals surface area (Å²) in [7, 11) is 1.72. The molecule has 0 saturated heterocycles. The van der Waals surface area contributed by atoms with Gasteiger partial charge in [0.2, 0.25) is 0 Å². The van der Waals surface area contributed by atoms with E-state index in [2.05, 4.69) is 39.6 Å². The molecule has 0 heterocycles. The molecule has 0 fully saturated rings. The Kier molecular flexibility index (Phi) is 10.9. The highest BCUT2D eigenvalue weighted by molar-refractivity contribution is 4.83. The number of rotatable bonds is 9. The number of methoxy groups -OCH3 is 1. The lowest BCUT2D eigenvalue weighted by atomic mass is 10.0. The SMILES string of the molecule is C=C(N)NCCC(C)(C)OCCC(C)(C)OC.CC. The second-order valence-corrected chi connectivity index (χ2v) is 5.52. The van der Waals surface area contributed by atoms with Crippen LogP contribution in [0.3, 0.4) is 0 Å². The first-order chi connectivity index (χ1) is 8.68. The third kappa shape index (κ3) is 13.5. The lowest BCUT2D eigenvalue weighted by Crippen LogP contribution is -2.33. The van der Waals surface area contributed by atoms with Crippen LogP contribution in [0.15, 0.2) is 12.4 Å². The standard InChI is InChI=1S/C13H28N2O2.C2H6/c1-11(14)15-9-7-13(4,5)17-10-8-12(2,3)16-6;1-2/h15H,1,7-10,14H2,2-6H3;1-2H3. The van der Waals surface area contributed by atoms with E-state index < -0.39 is 0 Å². The maximum absolute atomic E-state index is 5.86. The van der Waals surface area contributed by atoms with Gasteiger partial charge in [-0.2, -0.15) is 0 Å². The van der Waals surface area contributed by atoms with Gasteiger partial charge in [-0.1, -0.05) is 20.4 Å². The van der Waals surface area contributed by atoms with E-state index in [4.69, 9.17) is 15.2 Å². The van der Waals surface area contributed by atoms with Crippen LogP contribution in [0.5, 0.6) is 0 Å². The first-order valence-corrected chi connectivity index (χ1v) is 7.06. The van der Waals surface area contributed by atoms with Gasteiger partial charge in [0, 0.05) is 13.7 Å². The first-order valence-electron chi connectivity index (χ1n) is 7.06. The summed E-state index contributed by atoms with van der Waals surface area (Å²) in [5.41, 5.74) is 5.15. The van der Waals surface area contributed by atoms with Crippen LogP contribution in [-0.2, 0) is 9.47 Å². The monoisotopic (exact) mass is 274 g/mol. The lowest BCUT2D eigenvalue weighted by molar-refractivity contribution is -0.0605. The predicted molar refractivity (Wildman–Crippen MR) is 83.0 cm³/mol. The minimum atomic E-state index is -0.160. The van der Waals surface area contributed by atoms with Gasteiger partial charge < -0.3 is 20.5 Å². The Bertz CT molecular complexity index is 238. The molecule has 0 aliphatic rings. The minimum Gasteiger partial charge on any atom is -0.386 e. The maximum Gasteiger partial charge on any atom is 0.0885 e. The van der Waals surface area contributed by atoms with Crippen molar-refractivity contribution in [3.8, 4) is 0 Å². The molecule has 0 aromatic heterocycles. The Morgan fingerprint density at radius 2 is 1.63 bits per heavy atom. The summed E-state index contributed by atoms with van der Waals surface area (Å²) < 4.78 is 11.2. The molecule has 0 aliphatic heterocycles. The second-order valence-electron chi connectivity index (χ2n) is 5.52. The fourth-order valence-electron chi connectivity index (χ4n) is 1.27. The van der Waals surface area contributed by atoms with Gasteiger partial charge in [-0.15, -0.1) is 0 Å². The molecule has 0 unspecified atom stereocenters. The molecule has 0 aromatic carbocycles. The average Bonchev–Trinajstić information content (AvgIpc) is 2.30. The van der Waals surface area contributed by atoms with E-state index in [-0.39, 0.29) is 11.2 Å². The van der Waals surface area contributed by atoms with Gasteiger partial charge in [-0.25, -0.2) is 0 Å². The molecule has 0 atom stereocenters. The summed E-state index contributed by atoms with van der Waals surface area (Å²) >= 11 is 0. The molecule has 116 valence electrons. The summed E-state index contributed by atoms with van der Waals surface area (Å²) in [5, 5.41) is 3.00. The molecule has 0 aliphatic carbocycles. The second kappa shape index (κ2) is 10.1. The highest BCUT2D eigenvalue weighted by Crippen LogP contribution is 2.18. The van der Waals surface area contributed by atoms with Crippen molar-refractivity contribution in [2.45, 2.75) is 65.6 Å².